The van der Waals surface area contributed by atoms with Crippen LogP contribution in [0.2, 0.25) is 0 Å². The fourth-order valence-corrected chi connectivity index (χ4v) is 1.35. The first-order valence-corrected chi connectivity index (χ1v) is 5.23. The van der Waals surface area contributed by atoms with Gasteiger partial charge in [-0.3, -0.25) is 0 Å². The highest BCUT2D eigenvalue weighted by atomic mass is 35.5. The lowest BCUT2D eigenvalue weighted by Gasteiger charge is -2.12. The van der Waals surface area contributed by atoms with Gasteiger partial charge in [-0.2, -0.15) is 0 Å². The smallest absolute Gasteiger partial charge is 0.404 e. The van der Waals surface area contributed by atoms with Crippen LogP contribution in [0.25, 0.3) is 0 Å². The van der Waals surface area contributed by atoms with E-state index >= 15 is 0 Å². The van der Waals surface area contributed by atoms with Crippen LogP contribution < -0.4 is 5.73 Å². The molecule has 1 atom stereocenters. The lowest BCUT2D eigenvalue weighted by Crippen LogP contribution is -2.20. The second kappa shape index (κ2) is 6.75. The second-order valence-electron chi connectivity index (χ2n) is 3.24. The molecule has 0 radical (unpaired) electrons. The zero-order valence-corrected chi connectivity index (χ0v) is 10.5. The molecule has 0 aromatic carbocycles. The number of carbonyl (C=O) groups excluding carboxylic acids is 1. The summed E-state index contributed by atoms with van der Waals surface area (Å²) in [6.07, 6.45) is 1.12. The van der Waals surface area contributed by atoms with E-state index in [1.807, 2.05) is 0 Å². The van der Waals surface area contributed by atoms with Crippen LogP contribution in [-0.4, -0.2) is 12.2 Å². The SMILES string of the molecule is CC(Cl)=CC(CC(C)OC(N)=O)=C(C)Cl. The van der Waals surface area contributed by atoms with Crippen molar-refractivity contribution in [3.05, 3.63) is 21.7 Å². The Kier molecular flexibility index (Phi) is 6.45. The van der Waals surface area contributed by atoms with E-state index in [4.69, 9.17) is 33.7 Å². The van der Waals surface area contributed by atoms with Gasteiger partial charge in [-0.05, 0) is 32.4 Å². The summed E-state index contributed by atoms with van der Waals surface area (Å²) in [5.41, 5.74) is 5.73. The fourth-order valence-electron chi connectivity index (χ4n) is 1.09. The molecule has 0 aromatic heterocycles. The van der Waals surface area contributed by atoms with Gasteiger partial charge in [-0.15, -0.1) is 0 Å². The Bertz CT molecular complexity index is 290. The molecule has 86 valence electrons. The summed E-state index contributed by atoms with van der Waals surface area (Å²) in [6, 6.07) is 0. The van der Waals surface area contributed by atoms with Gasteiger partial charge in [-0.25, -0.2) is 4.79 Å². The van der Waals surface area contributed by atoms with Crippen molar-refractivity contribution in [2.45, 2.75) is 33.3 Å². The first kappa shape index (κ1) is 14.3. The van der Waals surface area contributed by atoms with Crippen LogP contribution >= 0.6 is 23.2 Å². The number of amides is 1. The molecule has 0 saturated carbocycles. The van der Waals surface area contributed by atoms with Gasteiger partial charge < -0.3 is 10.5 Å². The summed E-state index contributed by atoms with van der Waals surface area (Å²) < 4.78 is 4.79. The van der Waals surface area contributed by atoms with Crippen LogP contribution in [-0.2, 0) is 4.74 Å². The highest BCUT2D eigenvalue weighted by molar-refractivity contribution is 6.31. The number of nitrogens with two attached hydrogens (primary N) is 1. The Morgan fingerprint density at radius 2 is 2.00 bits per heavy atom. The quantitative estimate of drug-likeness (QED) is 0.778. The number of ether oxygens (including phenoxy) is 1. The van der Waals surface area contributed by atoms with Gasteiger partial charge >= 0.3 is 6.09 Å². The van der Waals surface area contributed by atoms with Crippen molar-refractivity contribution < 1.29 is 9.53 Å². The first-order chi connectivity index (χ1) is 6.82. The topological polar surface area (TPSA) is 52.3 Å². The minimum absolute atomic E-state index is 0.321. The number of carbonyl (C=O) groups is 1. The van der Waals surface area contributed by atoms with E-state index in [0.717, 1.165) is 5.57 Å². The number of halogens is 2. The van der Waals surface area contributed by atoms with Crippen LogP contribution in [0.1, 0.15) is 27.2 Å². The van der Waals surface area contributed by atoms with Crippen molar-refractivity contribution in [1.82, 2.24) is 0 Å². The third kappa shape index (κ3) is 7.28. The zero-order chi connectivity index (χ0) is 12.0. The van der Waals surface area contributed by atoms with Crippen molar-refractivity contribution in [3.63, 3.8) is 0 Å². The monoisotopic (exact) mass is 251 g/mol. The molecule has 0 rings (SSSR count). The molecular weight excluding hydrogens is 237 g/mol. The van der Waals surface area contributed by atoms with Gasteiger partial charge in [0.05, 0.1) is 0 Å². The van der Waals surface area contributed by atoms with Gasteiger partial charge in [0.15, 0.2) is 0 Å². The highest BCUT2D eigenvalue weighted by Crippen LogP contribution is 2.20. The molecule has 0 aromatic rings. The molecule has 0 bridgehead atoms. The third-order valence-corrected chi connectivity index (χ3v) is 1.99. The van der Waals surface area contributed by atoms with Crippen molar-refractivity contribution in [2.24, 2.45) is 5.73 Å². The van der Waals surface area contributed by atoms with E-state index < -0.39 is 6.09 Å². The molecule has 0 aliphatic rings. The molecule has 1 amide bonds. The Morgan fingerprint density at radius 3 is 2.33 bits per heavy atom. The number of hydrogen-bond donors (Lipinski definition) is 1. The Morgan fingerprint density at radius 1 is 1.47 bits per heavy atom. The van der Waals surface area contributed by atoms with Crippen molar-refractivity contribution in [1.29, 1.82) is 0 Å². The van der Waals surface area contributed by atoms with E-state index in [-0.39, 0.29) is 6.10 Å². The highest BCUT2D eigenvalue weighted by Gasteiger charge is 2.09. The first-order valence-electron chi connectivity index (χ1n) is 4.48. The molecule has 2 N–H and O–H groups in total. The van der Waals surface area contributed by atoms with E-state index in [1.165, 1.54) is 0 Å². The molecule has 0 aliphatic carbocycles. The van der Waals surface area contributed by atoms with Crippen LogP contribution in [0.5, 0.6) is 0 Å². The summed E-state index contributed by atoms with van der Waals surface area (Å²) >= 11 is 11.6. The standard InChI is InChI=1S/C10H15Cl2NO2/c1-6(11)4-9(8(3)12)5-7(2)15-10(13)14/h4,7H,5H2,1-3H3,(H2,13,14). The molecule has 15 heavy (non-hydrogen) atoms. The maximum atomic E-state index is 10.5. The van der Waals surface area contributed by atoms with Crippen LogP contribution in [0.3, 0.4) is 0 Å². The second-order valence-corrected chi connectivity index (χ2v) is 4.40. The average Bonchev–Trinajstić information content (AvgIpc) is 1.99. The Balaban J connectivity index is 4.52. The summed E-state index contributed by atoms with van der Waals surface area (Å²) in [6.45, 7) is 5.24. The number of rotatable bonds is 4. The van der Waals surface area contributed by atoms with Crippen LogP contribution in [0, 0.1) is 0 Å². The molecule has 5 heteroatoms. The largest absolute Gasteiger partial charge is 0.446 e. The molecule has 3 nitrogen and oxygen atoms in total. The molecule has 0 spiro atoms. The number of allylic oxidation sites excluding steroid dienone is 3. The van der Waals surface area contributed by atoms with Gasteiger partial charge in [0.2, 0.25) is 0 Å². The van der Waals surface area contributed by atoms with E-state index in [9.17, 15) is 4.79 Å². The molecule has 0 heterocycles. The lowest BCUT2D eigenvalue weighted by molar-refractivity contribution is 0.116. The zero-order valence-electron chi connectivity index (χ0n) is 9.01. The van der Waals surface area contributed by atoms with Crippen LogP contribution in [0.15, 0.2) is 21.7 Å². The molecular formula is C10H15Cl2NO2. The average molecular weight is 252 g/mol. The molecule has 0 saturated heterocycles. The number of primary amides is 1. The van der Waals surface area contributed by atoms with Crippen molar-refractivity contribution in [2.75, 3.05) is 0 Å². The summed E-state index contributed by atoms with van der Waals surface area (Å²) in [4.78, 5) is 10.5. The van der Waals surface area contributed by atoms with E-state index in [1.54, 1.807) is 26.8 Å². The number of hydrogen-bond acceptors (Lipinski definition) is 2. The van der Waals surface area contributed by atoms with Gasteiger partial charge in [-0.1, -0.05) is 23.2 Å². The normalized spacial score (nSPS) is 15.7. The molecule has 0 aliphatic heterocycles. The fraction of sp³-hybridized carbons (Fsp3) is 0.500. The summed E-state index contributed by atoms with van der Waals surface area (Å²) in [5.74, 6) is 0. The predicted molar refractivity (Wildman–Crippen MR) is 62.9 cm³/mol. The van der Waals surface area contributed by atoms with Gasteiger partial charge in [0, 0.05) is 16.5 Å². The molecule has 1 unspecified atom stereocenters. The minimum atomic E-state index is -0.791. The summed E-state index contributed by atoms with van der Waals surface area (Å²) in [5, 5.41) is 1.24. The Labute approximate surface area is 99.9 Å². The third-order valence-electron chi connectivity index (χ3n) is 1.64. The maximum absolute atomic E-state index is 10.5. The van der Waals surface area contributed by atoms with Crippen LogP contribution in [0.4, 0.5) is 4.79 Å². The van der Waals surface area contributed by atoms with E-state index in [0.29, 0.717) is 16.5 Å². The van der Waals surface area contributed by atoms with Crippen molar-refractivity contribution >= 4 is 29.3 Å². The van der Waals surface area contributed by atoms with E-state index in [2.05, 4.69) is 0 Å². The van der Waals surface area contributed by atoms with Gasteiger partial charge in [0.25, 0.3) is 0 Å². The lowest BCUT2D eigenvalue weighted by atomic mass is 10.1. The Hall–Kier alpha value is -0.670. The van der Waals surface area contributed by atoms with Crippen molar-refractivity contribution in [3.8, 4) is 0 Å². The molecule has 0 fully saturated rings. The summed E-state index contributed by atoms with van der Waals surface area (Å²) in [7, 11) is 0. The maximum Gasteiger partial charge on any atom is 0.404 e. The van der Waals surface area contributed by atoms with Gasteiger partial charge in [0.1, 0.15) is 6.10 Å². The predicted octanol–water partition coefficient (Wildman–Crippen LogP) is 3.52. The minimum Gasteiger partial charge on any atom is -0.446 e.